The number of unbranched alkanes of at least 4 members (excludes halogenated alkanes) is 1. The van der Waals surface area contributed by atoms with Gasteiger partial charge in [-0.15, -0.1) is 6.42 Å². The molecule has 6 rings (SSSR count). The largest absolute Gasteiger partial charge is 0.508 e. The van der Waals surface area contributed by atoms with Crippen molar-refractivity contribution in [2.75, 3.05) is 31.8 Å². The Morgan fingerprint density at radius 1 is 1.19 bits per heavy atom. The maximum absolute atomic E-state index is 16.6. The number of alkyl halides is 1. The maximum atomic E-state index is 16.6. The second kappa shape index (κ2) is 11.4. The third kappa shape index (κ3) is 4.81. The van der Waals surface area contributed by atoms with E-state index < -0.39 is 18.3 Å². The van der Waals surface area contributed by atoms with Crippen LogP contribution in [0.4, 0.5) is 19.0 Å². The van der Waals surface area contributed by atoms with Crippen LogP contribution >= 0.6 is 0 Å². The molecule has 8 nitrogen and oxygen atoms in total. The number of piperidine rings is 1. The number of benzene rings is 2. The molecule has 11 heteroatoms. The molecule has 2 aliphatic heterocycles. The standard InChI is InChI=1S/C31H27F3N4O4/c1-3-21-23(33)10-7-17-13-19(39)14-22(24(17)21)27-26(34)28-25-29(37-31(36-28)41-12-6-4-5-11-32)38-15-20(40-2)9-8-18(38)16-42-30(25)35-27/h1,6-7,10,12-14,18,20,39H,4-5,8-9,11,15-16H2,2H3/b12-6-/t18-,20+/m0/s1. The Morgan fingerprint density at radius 3 is 2.83 bits per heavy atom. The predicted octanol–water partition coefficient (Wildman–Crippen LogP) is 5.83. The van der Waals surface area contributed by atoms with Crippen LogP contribution in [0.2, 0.25) is 0 Å². The van der Waals surface area contributed by atoms with Gasteiger partial charge in [0.2, 0.25) is 5.88 Å². The average molecular weight is 577 g/mol. The highest BCUT2D eigenvalue weighted by Gasteiger charge is 2.36. The zero-order valence-electron chi connectivity index (χ0n) is 22.7. The molecule has 2 atom stereocenters. The van der Waals surface area contributed by atoms with E-state index in [0.29, 0.717) is 30.6 Å². The van der Waals surface area contributed by atoms with Gasteiger partial charge in [-0.2, -0.15) is 9.97 Å². The molecule has 1 fully saturated rings. The molecule has 0 amide bonds. The number of terminal acetylenes is 1. The summed E-state index contributed by atoms with van der Waals surface area (Å²) in [5.41, 5.74) is -0.386. The first-order chi connectivity index (χ1) is 20.4. The lowest BCUT2D eigenvalue weighted by atomic mass is 9.95. The number of phenols is 1. The van der Waals surface area contributed by atoms with Crippen molar-refractivity contribution in [1.29, 1.82) is 0 Å². The van der Waals surface area contributed by atoms with Gasteiger partial charge in [-0.1, -0.05) is 12.0 Å². The summed E-state index contributed by atoms with van der Waals surface area (Å²) in [5.74, 6) is 1.09. The fourth-order valence-electron chi connectivity index (χ4n) is 5.57. The Morgan fingerprint density at radius 2 is 2.05 bits per heavy atom. The lowest BCUT2D eigenvalue weighted by molar-refractivity contribution is 0.0763. The molecule has 0 unspecified atom stereocenters. The minimum Gasteiger partial charge on any atom is -0.508 e. The van der Waals surface area contributed by atoms with Crippen molar-refractivity contribution in [3.63, 3.8) is 0 Å². The second-order valence-corrected chi connectivity index (χ2v) is 10.2. The summed E-state index contributed by atoms with van der Waals surface area (Å²) in [6.45, 7) is 0.258. The van der Waals surface area contributed by atoms with Crippen molar-refractivity contribution < 1.29 is 32.5 Å². The maximum Gasteiger partial charge on any atom is 0.324 e. The fraction of sp³-hybridized carbons (Fsp3) is 0.323. The van der Waals surface area contributed by atoms with Crippen LogP contribution in [0, 0.1) is 24.0 Å². The van der Waals surface area contributed by atoms with E-state index in [2.05, 4.69) is 20.9 Å². The van der Waals surface area contributed by atoms with Crippen LogP contribution in [0.15, 0.2) is 36.6 Å². The first-order valence-electron chi connectivity index (χ1n) is 13.6. The number of methoxy groups -OCH3 is 1. The van der Waals surface area contributed by atoms with E-state index in [0.717, 1.165) is 12.8 Å². The van der Waals surface area contributed by atoms with E-state index in [1.165, 1.54) is 30.5 Å². The van der Waals surface area contributed by atoms with Gasteiger partial charge in [-0.25, -0.2) is 13.8 Å². The molecule has 0 radical (unpaired) electrons. The summed E-state index contributed by atoms with van der Waals surface area (Å²) in [7, 11) is 1.64. The molecule has 0 bridgehead atoms. The highest BCUT2D eigenvalue weighted by Crippen LogP contribution is 2.44. The minimum atomic E-state index is -0.856. The number of phenolic OH excluding ortho intramolecular Hbond substituents is 1. The molecular weight excluding hydrogens is 549 g/mol. The number of aromatic hydroxyl groups is 1. The number of ether oxygens (including phenoxy) is 3. The Kier molecular flexibility index (Phi) is 7.47. The second-order valence-electron chi connectivity index (χ2n) is 10.2. The molecule has 0 aliphatic carbocycles. The highest BCUT2D eigenvalue weighted by atomic mass is 19.1. The molecule has 2 aliphatic rings. The zero-order valence-corrected chi connectivity index (χ0v) is 22.7. The van der Waals surface area contributed by atoms with E-state index in [-0.39, 0.29) is 69.5 Å². The first kappa shape index (κ1) is 27.6. The van der Waals surface area contributed by atoms with Gasteiger partial charge in [0.1, 0.15) is 40.6 Å². The van der Waals surface area contributed by atoms with Crippen molar-refractivity contribution in [1.82, 2.24) is 15.0 Å². The van der Waals surface area contributed by atoms with E-state index in [1.54, 1.807) is 13.2 Å². The van der Waals surface area contributed by atoms with Gasteiger partial charge in [-0.3, -0.25) is 4.39 Å². The van der Waals surface area contributed by atoms with E-state index in [9.17, 15) is 13.9 Å². The summed E-state index contributed by atoms with van der Waals surface area (Å²) < 4.78 is 61.4. The number of anilines is 1. The summed E-state index contributed by atoms with van der Waals surface area (Å²) in [6, 6.07) is 5.10. The summed E-state index contributed by atoms with van der Waals surface area (Å²) in [6.07, 6.45) is 10.9. The summed E-state index contributed by atoms with van der Waals surface area (Å²) >= 11 is 0. The van der Waals surface area contributed by atoms with Crippen LogP contribution in [0.25, 0.3) is 32.9 Å². The molecule has 1 N–H and O–H groups in total. The fourth-order valence-corrected chi connectivity index (χ4v) is 5.57. The number of fused-ring (bicyclic) bond motifs is 3. The average Bonchev–Trinajstić information content (AvgIpc) is 3.15. The lowest BCUT2D eigenvalue weighted by Crippen LogP contribution is -2.48. The third-order valence-corrected chi connectivity index (χ3v) is 7.62. The van der Waals surface area contributed by atoms with Crippen LogP contribution in [-0.4, -0.2) is 59.1 Å². The van der Waals surface area contributed by atoms with Gasteiger partial charge in [0.15, 0.2) is 5.82 Å². The highest BCUT2D eigenvalue weighted by molar-refractivity contribution is 6.04. The number of halogens is 3. The molecule has 4 aromatic rings. The van der Waals surface area contributed by atoms with Crippen molar-refractivity contribution in [2.24, 2.45) is 0 Å². The Balaban J connectivity index is 1.60. The number of hydrogen-bond acceptors (Lipinski definition) is 8. The van der Waals surface area contributed by atoms with Crippen LogP contribution in [0.1, 0.15) is 31.2 Å². The number of hydrogen-bond donors (Lipinski definition) is 1. The topological polar surface area (TPSA) is 89.8 Å². The smallest absolute Gasteiger partial charge is 0.324 e. The zero-order chi connectivity index (χ0) is 29.4. The molecule has 4 heterocycles. The lowest BCUT2D eigenvalue weighted by Gasteiger charge is -2.38. The Labute approximate surface area is 239 Å². The SMILES string of the molecule is C#Cc1c(F)ccc2cc(O)cc(-c3nc4c5c(nc(O/C=C\CCCF)nc5c3F)N3C[C@H](OC)CC[C@H]3CO4)c12. The minimum absolute atomic E-state index is 0.0758. The Hall–Kier alpha value is -4.56. The number of pyridine rings is 1. The molecule has 2 aromatic carbocycles. The van der Waals surface area contributed by atoms with E-state index in [1.807, 2.05) is 4.90 Å². The van der Waals surface area contributed by atoms with Crippen LogP contribution in [-0.2, 0) is 4.74 Å². The van der Waals surface area contributed by atoms with Crippen LogP contribution in [0.3, 0.4) is 0 Å². The van der Waals surface area contributed by atoms with Crippen LogP contribution in [0.5, 0.6) is 17.6 Å². The normalized spacial score (nSPS) is 18.1. The number of rotatable bonds is 7. The van der Waals surface area contributed by atoms with Crippen molar-refractivity contribution in [3.05, 3.63) is 53.8 Å². The molecule has 1 saturated heterocycles. The molecule has 0 spiro atoms. The van der Waals surface area contributed by atoms with Crippen molar-refractivity contribution in [2.45, 2.75) is 37.8 Å². The molecule has 42 heavy (non-hydrogen) atoms. The van der Waals surface area contributed by atoms with Gasteiger partial charge in [0, 0.05) is 24.6 Å². The number of aromatic nitrogens is 3. The number of allylic oxidation sites excluding steroid dienone is 1. The van der Waals surface area contributed by atoms with Gasteiger partial charge in [0.25, 0.3) is 0 Å². The van der Waals surface area contributed by atoms with Crippen LogP contribution < -0.4 is 14.4 Å². The summed E-state index contributed by atoms with van der Waals surface area (Å²) in [5, 5.41) is 11.4. The molecule has 0 saturated carbocycles. The third-order valence-electron chi connectivity index (χ3n) is 7.62. The monoisotopic (exact) mass is 576 g/mol. The van der Waals surface area contributed by atoms with Crippen molar-refractivity contribution >= 4 is 27.5 Å². The molecule has 216 valence electrons. The Bertz CT molecular complexity index is 1760. The van der Waals surface area contributed by atoms with E-state index >= 15 is 4.39 Å². The van der Waals surface area contributed by atoms with Gasteiger partial charge < -0.3 is 24.2 Å². The summed E-state index contributed by atoms with van der Waals surface area (Å²) in [4.78, 5) is 15.5. The quantitative estimate of drug-likeness (QED) is 0.167. The first-order valence-corrected chi connectivity index (χ1v) is 13.6. The predicted molar refractivity (Wildman–Crippen MR) is 151 cm³/mol. The van der Waals surface area contributed by atoms with Gasteiger partial charge in [0.05, 0.1) is 30.6 Å². The van der Waals surface area contributed by atoms with Gasteiger partial charge >= 0.3 is 6.01 Å². The number of nitrogens with zero attached hydrogens (tertiary/aromatic N) is 4. The van der Waals surface area contributed by atoms with Crippen molar-refractivity contribution in [3.8, 4) is 41.2 Å². The van der Waals surface area contributed by atoms with E-state index in [4.69, 9.17) is 20.6 Å². The molecular formula is C31H27F3N4O4. The molecule has 2 aromatic heterocycles. The van der Waals surface area contributed by atoms with Gasteiger partial charge in [-0.05, 0) is 55.3 Å².